The molecule has 0 heterocycles. The molecule has 0 spiro atoms. The molecule has 3 nitrogen and oxygen atoms in total. The molecular weight excluding hydrogens is 183 g/mol. The summed E-state index contributed by atoms with van der Waals surface area (Å²) < 4.78 is 12.8. The van der Waals surface area contributed by atoms with Crippen LogP contribution in [0.2, 0.25) is 0 Å². The molecule has 1 aromatic carbocycles. The zero-order valence-electron chi connectivity index (χ0n) is 5.97. The first-order valence-corrected chi connectivity index (χ1v) is 3.44. The minimum absolute atomic E-state index is 0.0918. The highest BCUT2D eigenvalue weighted by molar-refractivity contribution is 6.67. The lowest BCUT2D eigenvalue weighted by molar-refractivity contribution is 0.107. The van der Waals surface area contributed by atoms with Gasteiger partial charge in [0.2, 0.25) is 0 Å². The van der Waals surface area contributed by atoms with Crippen LogP contribution in [-0.4, -0.2) is 5.24 Å². The van der Waals surface area contributed by atoms with Crippen molar-refractivity contribution in [1.29, 1.82) is 0 Å². The molecule has 0 fully saturated rings. The Bertz CT molecular complexity index is 340. The molecule has 0 unspecified atom stereocenters. The van der Waals surface area contributed by atoms with E-state index in [0.29, 0.717) is 0 Å². The Kier molecular flexibility index (Phi) is 2.19. The first-order valence-electron chi connectivity index (χ1n) is 3.06. The number of benzene rings is 1. The summed E-state index contributed by atoms with van der Waals surface area (Å²) in [4.78, 5) is 10.6. The molecule has 0 radical (unpaired) electrons. The molecule has 5 heteroatoms. The molecule has 0 aliphatic rings. The third-order valence-electron chi connectivity index (χ3n) is 1.38. The minimum atomic E-state index is -0.890. The van der Waals surface area contributed by atoms with E-state index in [1.165, 1.54) is 0 Å². The molecule has 0 saturated carbocycles. The fraction of sp³-hybridized carbons (Fsp3) is 0. The van der Waals surface area contributed by atoms with Gasteiger partial charge in [0.25, 0.3) is 5.24 Å². The highest BCUT2D eigenvalue weighted by Gasteiger charge is 2.10. The van der Waals surface area contributed by atoms with Crippen molar-refractivity contribution in [3.63, 3.8) is 0 Å². The van der Waals surface area contributed by atoms with Crippen LogP contribution in [0.15, 0.2) is 12.1 Å². The van der Waals surface area contributed by atoms with Crippen molar-refractivity contribution in [2.75, 3.05) is 11.5 Å². The Balaban J connectivity index is 3.33. The summed E-state index contributed by atoms with van der Waals surface area (Å²) in [5, 5.41) is -0.890. The van der Waals surface area contributed by atoms with Crippen LogP contribution in [0.3, 0.4) is 0 Å². The van der Waals surface area contributed by atoms with E-state index in [1.54, 1.807) is 0 Å². The Labute approximate surface area is 73.1 Å². The predicted molar refractivity (Wildman–Crippen MR) is 45.4 cm³/mol. The molecule has 1 aromatic rings. The molecule has 0 aliphatic heterocycles. The minimum Gasteiger partial charge on any atom is -0.397 e. The van der Waals surface area contributed by atoms with Crippen LogP contribution >= 0.6 is 11.6 Å². The average Bonchev–Trinajstić information content (AvgIpc) is 1.96. The van der Waals surface area contributed by atoms with Gasteiger partial charge in [0, 0.05) is 0 Å². The number of hydrogen-bond acceptors (Lipinski definition) is 3. The lowest BCUT2D eigenvalue weighted by atomic mass is 10.2. The number of rotatable bonds is 1. The second-order valence-corrected chi connectivity index (χ2v) is 2.58. The fourth-order valence-electron chi connectivity index (χ4n) is 0.756. The summed E-state index contributed by atoms with van der Waals surface area (Å²) >= 11 is 5.06. The predicted octanol–water partition coefficient (Wildman–Crippen LogP) is 1.37. The molecule has 0 aromatic heterocycles. The lowest BCUT2D eigenvalue weighted by Crippen LogP contribution is -2.01. The van der Waals surface area contributed by atoms with Gasteiger partial charge in [-0.3, -0.25) is 4.79 Å². The fourth-order valence-corrected chi connectivity index (χ4v) is 0.901. The maximum absolute atomic E-state index is 12.8. The Morgan fingerprint density at radius 1 is 1.33 bits per heavy atom. The van der Waals surface area contributed by atoms with Gasteiger partial charge in [-0.2, -0.15) is 0 Å². The van der Waals surface area contributed by atoms with E-state index >= 15 is 0 Å². The second kappa shape index (κ2) is 2.98. The smallest absolute Gasteiger partial charge is 0.255 e. The van der Waals surface area contributed by atoms with E-state index in [4.69, 9.17) is 23.1 Å². The van der Waals surface area contributed by atoms with Gasteiger partial charge in [-0.15, -0.1) is 0 Å². The van der Waals surface area contributed by atoms with E-state index in [0.717, 1.165) is 12.1 Å². The van der Waals surface area contributed by atoms with Crippen LogP contribution in [0, 0.1) is 5.82 Å². The number of halogens is 2. The second-order valence-electron chi connectivity index (χ2n) is 2.23. The zero-order valence-corrected chi connectivity index (χ0v) is 6.73. The van der Waals surface area contributed by atoms with Crippen molar-refractivity contribution in [3.05, 3.63) is 23.5 Å². The highest BCUT2D eigenvalue weighted by Crippen LogP contribution is 2.20. The van der Waals surface area contributed by atoms with Crippen molar-refractivity contribution >= 4 is 28.2 Å². The van der Waals surface area contributed by atoms with Gasteiger partial charge in [0.1, 0.15) is 5.82 Å². The molecule has 4 N–H and O–H groups in total. The van der Waals surface area contributed by atoms with Crippen LogP contribution in [0.1, 0.15) is 10.4 Å². The molecule has 1 rings (SSSR count). The molecule has 0 aliphatic carbocycles. The summed E-state index contributed by atoms with van der Waals surface area (Å²) in [7, 11) is 0. The average molecular weight is 189 g/mol. The third kappa shape index (κ3) is 1.48. The normalized spacial score (nSPS) is 9.83. The molecule has 0 bridgehead atoms. The summed E-state index contributed by atoms with van der Waals surface area (Å²) in [5.74, 6) is -0.762. The number of nitrogens with two attached hydrogens (primary N) is 2. The number of carbonyl (C=O) groups excluding carboxylic acids is 1. The standard InChI is InChI=1S/C7H6ClFN2O/c8-7(12)3-1-5(10)6(11)2-4(3)9/h1-2H,10-11H2. The Hall–Kier alpha value is -1.29. The van der Waals surface area contributed by atoms with Gasteiger partial charge in [0.15, 0.2) is 0 Å². The molecule has 0 saturated heterocycles. The van der Waals surface area contributed by atoms with Crippen molar-refractivity contribution in [2.24, 2.45) is 0 Å². The van der Waals surface area contributed by atoms with Crippen molar-refractivity contribution in [3.8, 4) is 0 Å². The molecule has 0 atom stereocenters. The van der Waals surface area contributed by atoms with Gasteiger partial charge in [0.05, 0.1) is 16.9 Å². The van der Waals surface area contributed by atoms with E-state index in [1.807, 2.05) is 0 Å². The van der Waals surface area contributed by atoms with Crippen LogP contribution in [0.4, 0.5) is 15.8 Å². The van der Waals surface area contributed by atoms with Gasteiger partial charge in [-0.25, -0.2) is 4.39 Å². The van der Waals surface area contributed by atoms with Crippen LogP contribution in [0.25, 0.3) is 0 Å². The Morgan fingerprint density at radius 2 is 1.83 bits per heavy atom. The van der Waals surface area contributed by atoms with Crippen molar-refractivity contribution in [2.45, 2.75) is 0 Å². The topological polar surface area (TPSA) is 69.1 Å². The maximum atomic E-state index is 12.8. The van der Waals surface area contributed by atoms with E-state index in [2.05, 4.69) is 0 Å². The van der Waals surface area contributed by atoms with E-state index < -0.39 is 11.1 Å². The molecular formula is C7H6ClFN2O. The van der Waals surface area contributed by atoms with Gasteiger partial charge >= 0.3 is 0 Å². The monoisotopic (exact) mass is 188 g/mol. The molecule has 12 heavy (non-hydrogen) atoms. The lowest BCUT2D eigenvalue weighted by Gasteiger charge is -2.02. The first kappa shape index (κ1) is 8.80. The highest BCUT2D eigenvalue weighted by atomic mass is 35.5. The van der Waals surface area contributed by atoms with Crippen LogP contribution in [0.5, 0.6) is 0 Å². The zero-order chi connectivity index (χ0) is 9.30. The summed E-state index contributed by atoms with van der Waals surface area (Å²) in [6, 6.07) is 2.07. The maximum Gasteiger partial charge on any atom is 0.255 e. The summed E-state index contributed by atoms with van der Waals surface area (Å²) in [5.41, 5.74) is 10.6. The third-order valence-corrected chi connectivity index (χ3v) is 1.59. The van der Waals surface area contributed by atoms with Gasteiger partial charge in [-0.05, 0) is 23.7 Å². The molecule has 64 valence electrons. The SMILES string of the molecule is Nc1cc(F)c(C(=O)Cl)cc1N. The van der Waals surface area contributed by atoms with Crippen LogP contribution in [-0.2, 0) is 0 Å². The number of carbonyl (C=O) groups is 1. The largest absolute Gasteiger partial charge is 0.397 e. The Morgan fingerprint density at radius 3 is 2.33 bits per heavy atom. The van der Waals surface area contributed by atoms with Gasteiger partial charge in [-0.1, -0.05) is 0 Å². The summed E-state index contributed by atoms with van der Waals surface area (Å²) in [6.45, 7) is 0. The first-order chi connectivity index (χ1) is 5.52. The quantitative estimate of drug-likeness (QED) is 0.517. The van der Waals surface area contributed by atoms with E-state index in [-0.39, 0.29) is 16.9 Å². The molecule has 0 amide bonds. The van der Waals surface area contributed by atoms with Gasteiger partial charge < -0.3 is 11.5 Å². The van der Waals surface area contributed by atoms with Crippen LogP contribution < -0.4 is 11.5 Å². The number of hydrogen-bond donors (Lipinski definition) is 2. The van der Waals surface area contributed by atoms with Crippen molar-refractivity contribution < 1.29 is 9.18 Å². The van der Waals surface area contributed by atoms with E-state index in [9.17, 15) is 9.18 Å². The number of anilines is 2. The number of nitrogen functional groups attached to an aromatic ring is 2. The summed E-state index contributed by atoms with van der Waals surface area (Å²) in [6.07, 6.45) is 0. The van der Waals surface area contributed by atoms with Crippen molar-refractivity contribution in [1.82, 2.24) is 0 Å².